The van der Waals surface area contributed by atoms with E-state index in [1.165, 1.54) is 16.2 Å². The zero-order valence-corrected chi connectivity index (χ0v) is 18.0. The van der Waals surface area contributed by atoms with Crippen LogP contribution in [-0.2, 0) is 16.0 Å². The minimum absolute atomic E-state index is 0.0364. The highest BCUT2D eigenvalue weighted by Crippen LogP contribution is 2.33. The Balaban J connectivity index is 1.30. The largest absolute Gasteiger partial charge is 0.325 e. The number of halogens is 1. The van der Waals surface area contributed by atoms with Crippen molar-refractivity contribution in [3.8, 4) is 0 Å². The summed E-state index contributed by atoms with van der Waals surface area (Å²) in [5.74, 6) is -0.477. The molecule has 4 amide bonds. The van der Waals surface area contributed by atoms with Crippen LogP contribution in [0.2, 0.25) is 5.02 Å². The van der Waals surface area contributed by atoms with Gasteiger partial charge in [-0.3, -0.25) is 14.5 Å². The van der Waals surface area contributed by atoms with E-state index in [2.05, 4.69) is 15.6 Å². The SMILES string of the molecule is O=C(CCN1C(=O)NC2(CCCCC2)C1=O)Nc1ncc(Cc2ccccc2Cl)s1. The quantitative estimate of drug-likeness (QED) is 0.657. The molecule has 0 bridgehead atoms. The van der Waals surface area contributed by atoms with E-state index in [1.807, 2.05) is 24.3 Å². The lowest BCUT2D eigenvalue weighted by Crippen LogP contribution is -2.48. The Labute approximate surface area is 183 Å². The highest BCUT2D eigenvalue weighted by Gasteiger charge is 2.51. The lowest BCUT2D eigenvalue weighted by Gasteiger charge is -2.30. The van der Waals surface area contributed by atoms with Gasteiger partial charge in [0.05, 0.1) is 0 Å². The van der Waals surface area contributed by atoms with Gasteiger partial charge in [-0.15, -0.1) is 11.3 Å². The molecule has 1 aliphatic heterocycles. The molecule has 2 N–H and O–H groups in total. The molecule has 1 aliphatic carbocycles. The third-order valence-corrected chi connectivity index (χ3v) is 6.92. The number of hydrogen-bond acceptors (Lipinski definition) is 5. The topological polar surface area (TPSA) is 91.4 Å². The summed E-state index contributed by atoms with van der Waals surface area (Å²) in [6, 6.07) is 7.21. The Bertz CT molecular complexity index is 971. The van der Waals surface area contributed by atoms with Crippen LogP contribution in [0.4, 0.5) is 9.93 Å². The van der Waals surface area contributed by atoms with E-state index in [-0.39, 0.29) is 24.8 Å². The van der Waals surface area contributed by atoms with E-state index in [0.717, 1.165) is 29.7 Å². The highest BCUT2D eigenvalue weighted by molar-refractivity contribution is 7.15. The highest BCUT2D eigenvalue weighted by atomic mass is 35.5. The van der Waals surface area contributed by atoms with Gasteiger partial charge in [0.15, 0.2) is 5.13 Å². The van der Waals surface area contributed by atoms with Crippen LogP contribution >= 0.6 is 22.9 Å². The molecule has 1 spiro atoms. The minimum atomic E-state index is -0.755. The molecule has 2 aliphatic rings. The molecule has 0 unspecified atom stereocenters. The fourth-order valence-electron chi connectivity index (χ4n) is 4.05. The van der Waals surface area contributed by atoms with Crippen LogP contribution in [0.3, 0.4) is 0 Å². The molecule has 1 aromatic carbocycles. The molecule has 7 nitrogen and oxygen atoms in total. The Morgan fingerprint density at radius 2 is 2.00 bits per heavy atom. The molecular formula is C21H23ClN4O3S. The second-order valence-corrected chi connectivity index (χ2v) is 9.25. The van der Waals surface area contributed by atoms with Crippen LogP contribution in [0.5, 0.6) is 0 Å². The van der Waals surface area contributed by atoms with Gasteiger partial charge in [-0.1, -0.05) is 49.1 Å². The maximum absolute atomic E-state index is 12.8. The third-order valence-electron chi connectivity index (χ3n) is 5.64. The summed E-state index contributed by atoms with van der Waals surface area (Å²) in [4.78, 5) is 43.8. The number of amides is 4. The minimum Gasteiger partial charge on any atom is -0.323 e. The number of anilines is 1. The standard InChI is InChI=1S/C21H23ClN4O3S/c22-16-7-3-2-6-14(16)12-15-13-23-19(30-15)24-17(27)8-11-26-18(28)21(25-20(26)29)9-4-1-5-10-21/h2-3,6-7,13H,1,4-5,8-12H2,(H,25,29)(H,23,24,27). The molecule has 2 fully saturated rings. The average Bonchev–Trinajstić information content (AvgIpc) is 3.25. The molecule has 2 heterocycles. The normalized spacial score (nSPS) is 18.0. The van der Waals surface area contributed by atoms with Crippen LogP contribution in [-0.4, -0.2) is 39.8 Å². The van der Waals surface area contributed by atoms with E-state index < -0.39 is 11.6 Å². The summed E-state index contributed by atoms with van der Waals surface area (Å²) in [7, 11) is 0. The van der Waals surface area contributed by atoms with E-state index in [1.54, 1.807) is 6.20 Å². The van der Waals surface area contributed by atoms with Crippen molar-refractivity contribution in [2.75, 3.05) is 11.9 Å². The predicted molar refractivity (Wildman–Crippen MR) is 116 cm³/mol. The molecule has 158 valence electrons. The van der Waals surface area contributed by atoms with Crippen molar-refractivity contribution in [2.45, 2.75) is 50.5 Å². The van der Waals surface area contributed by atoms with Crippen molar-refractivity contribution in [3.63, 3.8) is 0 Å². The molecule has 30 heavy (non-hydrogen) atoms. The maximum Gasteiger partial charge on any atom is 0.325 e. The molecule has 0 radical (unpaired) electrons. The monoisotopic (exact) mass is 446 g/mol. The number of hydrogen-bond donors (Lipinski definition) is 2. The number of thiazole rings is 1. The van der Waals surface area contributed by atoms with Crippen molar-refractivity contribution < 1.29 is 14.4 Å². The molecule has 0 atom stereocenters. The Morgan fingerprint density at radius 3 is 2.77 bits per heavy atom. The van der Waals surface area contributed by atoms with E-state index >= 15 is 0 Å². The summed E-state index contributed by atoms with van der Waals surface area (Å²) in [5.41, 5.74) is 0.241. The summed E-state index contributed by atoms with van der Waals surface area (Å²) < 4.78 is 0. The number of carbonyl (C=O) groups is 3. The first-order valence-electron chi connectivity index (χ1n) is 10.1. The number of imide groups is 1. The number of rotatable bonds is 6. The van der Waals surface area contributed by atoms with Crippen molar-refractivity contribution in [1.29, 1.82) is 0 Å². The van der Waals surface area contributed by atoms with Crippen LogP contribution in [0.1, 0.15) is 49.0 Å². The van der Waals surface area contributed by atoms with Gasteiger partial charge in [0.2, 0.25) is 5.91 Å². The van der Waals surface area contributed by atoms with Crippen molar-refractivity contribution in [1.82, 2.24) is 15.2 Å². The van der Waals surface area contributed by atoms with Crippen LogP contribution in [0.25, 0.3) is 0 Å². The number of nitrogens with one attached hydrogen (secondary N) is 2. The fraction of sp³-hybridized carbons (Fsp3) is 0.429. The molecular weight excluding hydrogens is 424 g/mol. The third kappa shape index (κ3) is 4.34. The first-order valence-corrected chi connectivity index (χ1v) is 11.3. The number of nitrogens with zero attached hydrogens (tertiary/aromatic N) is 2. The van der Waals surface area contributed by atoms with Gasteiger partial charge >= 0.3 is 6.03 Å². The van der Waals surface area contributed by atoms with Crippen LogP contribution in [0, 0.1) is 0 Å². The lowest BCUT2D eigenvalue weighted by atomic mass is 9.82. The van der Waals surface area contributed by atoms with Gasteiger partial charge in [0.25, 0.3) is 5.91 Å². The second kappa shape index (κ2) is 8.73. The van der Waals surface area contributed by atoms with E-state index in [0.29, 0.717) is 29.4 Å². The van der Waals surface area contributed by atoms with Crippen molar-refractivity contribution in [3.05, 3.63) is 45.9 Å². The summed E-state index contributed by atoms with van der Waals surface area (Å²) in [6.07, 6.45) is 6.68. The lowest BCUT2D eigenvalue weighted by molar-refractivity contribution is -0.132. The Hall–Kier alpha value is -2.45. The van der Waals surface area contributed by atoms with Crippen LogP contribution in [0.15, 0.2) is 30.5 Å². The van der Waals surface area contributed by atoms with Crippen LogP contribution < -0.4 is 10.6 Å². The molecule has 1 saturated carbocycles. The first-order chi connectivity index (χ1) is 14.5. The predicted octanol–water partition coefficient (Wildman–Crippen LogP) is 3.97. The maximum atomic E-state index is 12.8. The number of aromatic nitrogens is 1. The molecule has 2 aromatic rings. The summed E-state index contributed by atoms with van der Waals surface area (Å²) >= 11 is 7.58. The number of urea groups is 1. The van der Waals surface area contributed by atoms with Gasteiger partial charge in [-0.05, 0) is 24.5 Å². The second-order valence-electron chi connectivity index (χ2n) is 7.73. The van der Waals surface area contributed by atoms with Gasteiger partial charge in [0.1, 0.15) is 5.54 Å². The van der Waals surface area contributed by atoms with E-state index in [4.69, 9.17) is 11.6 Å². The van der Waals surface area contributed by atoms with Crippen molar-refractivity contribution in [2.24, 2.45) is 0 Å². The van der Waals surface area contributed by atoms with Gasteiger partial charge in [-0.25, -0.2) is 9.78 Å². The first kappa shape index (κ1) is 20.8. The summed E-state index contributed by atoms with van der Waals surface area (Å²) in [5, 5.41) is 6.80. The van der Waals surface area contributed by atoms with Crippen molar-refractivity contribution >= 4 is 45.9 Å². The zero-order chi connectivity index (χ0) is 21.1. The number of benzene rings is 1. The van der Waals surface area contributed by atoms with Gasteiger partial charge in [-0.2, -0.15) is 0 Å². The zero-order valence-electron chi connectivity index (χ0n) is 16.4. The Kier molecular flexibility index (Phi) is 6.06. The average molecular weight is 447 g/mol. The molecule has 1 saturated heterocycles. The Morgan fingerprint density at radius 1 is 1.23 bits per heavy atom. The molecule has 9 heteroatoms. The van der Waals surface area contributed by atoms with E-state index in [9.17, 15) is 14.4 Å². The number of carbonyl (C=O) groups excluding carboxylic acids is 3. The fourth-order valence-corrected chi connectivity index (χ4v) is 5.10. The summed E-state index contributed by atoms with van der Waals surface area (Å²) in [6.45, 7) is 0.0656. The molecule has 1 aromatic heterocycles. The smallest absolute Gasteiger partial charge is 0.323 e. The van der Waals surface area contributed by atoms with Gasteiger partial charge in [0, 0.05) is 35.5 Å². The molecule has 4 rings (SSSR count). The van der Waals surface area contributed by atoms with Gasteiger partial charge < -0.3 is 10.6 Å².